The fourth-order valence-electron chi connectivity index (χ4n) is 15.8. The molecule has 7 heteroatoms. The molecule has 0 fully saturated rings. The Balaban J connectivity index is 1.01. The number of anilines is 6. The van der Waals surface area contributed by atoms with E-state index in [-0.39, 0.29) is 43.9 Å². The molecule has 0 atom stereocenters. The van der Waals surface area contributed by atoms with Crippen LogP contribution in [0.25, 0.3) is 132 Å². The van der Waals surface area contributed by atoms with Crippen LogP contribution < -0.4 is 26.2 Å². The molecule has 6 nitrogen and oxygen atoms in total. The van der Waals surface area contributed by atoms with E-state index < -0.39 is 85.3 Å². The van der Waals surface area contributed by atoms with E-state index >= 15 is 0 Å². The van der Waals surface area contributed by atoms with Crippen LogP contribution in [0.2, 0.25) is 0 Å². The molecule has 0 unspecified atom stereocenters. The molecule has 0 saturated carbocycles. The number of hydrogen-bond donors (Lipinski definition) is 0. The van der Waals surface area contributed by atoms with E-state index in [2.05, 4.69) is 147 Å². The molecule has 0 aliphatic carbocycles. The summed E-state index contributed by atoms with van der Waals surface area (Å²) in [5.74, 6) is 0. The summed E-state index contributed by atoms with van der Waals surface area (Å²) in [5, 5.41) is 5.00. The van der Waals surface area contributed by atoms with Gasteiger partial charge in [0.25, 0.3) is 6.71 Å². The SMILES string of the molecule is [2H]c1c([2H])c([2H])c(-c2ccc3c(c2)N(c2cc(-c4ccccc4)cc4oc5ccccc5c24)c2cc(-n4c5c([2H])c([2H])c([2H])c([2H])c5c5c([2H])c([2H])c([2H])c([2H])c54)cc4c2B3c2ccc(-n3c5ccc(C(C)(C)C)cc5c5cc(C(C)(C)C)ccc53)cc2N4c2cc(-c3ccccc3)cc3oc4ccccc4c23)c([2H])c1[2H]. The first kappa shape index (κ1) is 45.4. The van der Waals surface area contributed by atoms with Crippen LogP contribution in [-0.4, -0.2) is 15.8 Å². The van der Waals surface area contributed by atoms with Gasteiger partial charge in [-0.2, -0.15) is 0 Å². The van der Waals surface area contributed by atoms with Crippen LogP contribution in [0.4, 0.5) is 34.1 Å². The maximum atomic E-state index is 10.1. The molecule has 4 aromatic heterocycles. The van der Waals surface area contributed by atoms with E-state index in [0.717, 1.165) is 88.0 Å². The lowest BCUT2D eigenvalue weighted by atomic mass is 9.33. The smallest absolute Gasteiger partial charge is 0.252 e. The third-order valence-corrected chi connectivity index (χ3v) is 20.5. The highest BCUT2D eigenvalue weighted by Crippen LogP contribution is 2.53. The lowest BCUT2D eigenvalue weighted by molar-refractivity contribution is 0.590. The maximum absolute atomic E-state index is 10.1. The second-order valence-corrected chi connectivity index (χ2v) is 28.3. The second kappa shape index (κ2) is 21.2. The van der Waals surface area contributed by atoms with E-state index in [1.807, 2.05) is 127 Å². The molecule has 0 bridgehead atoms. The molecule has 18 aromatic rings. The van der Waals surface area contributed by atoms with E-state index in [1.165, 1.54) is 11.1 Å². The zero-order valence-corrected chi connectivity index (χ0v) is 55.0. The number of fused-ring (bicyclic) bond motifs is 16. The largest absolute Gasteiger partial charge is 0.456 e. The minimum atomic E-state index is -0.739. The van der Waals surface area contributed by atoms with Crippen molar-refractivity contribution in [2.24, 2.45) is 0 Å². The second-order valence-electron chi connectivity index (χ2n) is 28.3. The minimum Gasteiger partial charge on any atom is -0.456 e. The van der Waals surface area contributed by atoms with Crippen LogP contribution in [0, 0.1) is 0 Å². The Morgan fingerprint density at radius 1 is 0.303 bits per heavy atom. The Labute approximate surface area is 592 Å². The lowest BCUT2D eigenvalue weighted by Gasteiger charge is -2.45. The third kappa shape index (κ3) is 8.69. The van der Waals surface area contributed by atoms with E-state index in [1.54, 1.807) is 4.57 Å². The van der Waals surface area contributed by atoms with Crippen LogP contribution in [0.5, 0.6) is 0 Å². The van der Waals surface area contributed by atoms with Crippen molar-refractivity contribution >= 4 is 145 Å². The Morgan fingerprint density at radius 3 is 1.27 bits per heavy atom. The average Bonchev–Trinajstić information content (AvgIpc) is 1.27. The van der Waals surface area contributed by atoms with Crippen molar-refractivity contribution in [3.8, 4) is 44.8 Å². The van der Waals surface area contributed by atoms with Crippen molar-refractivity contribution in [2.45, 2.75) is 52.4 Å². The van der Waals surface area contributed by atoms with Gasteiger partial charge >= 0.3 is 0 Å². The molecule has 2 aliphatic heterocycles. The van der Waals surface area contributed by atoms with Gasteiger partial charge in [0.15, 0.2) is 0 Å². The van der Waals surface area contributed by atoms with Gasteiger partial charge in [-0.05, 0) is 175 Å². The van der Waals surface area contributed by atoms with Gasteiger partial charge in [0.05, 0.1) is 67.7 Å². The number of aromatic nitrogens is 2. The summed E-state index contributed by atoms with van der Waals surface area (Å²) in [6, 6.07) is 67.5. The van der Waals surface area contributed by atoms with Crippen LogP contribution >= 0.6 is 0 Å². The number of para-hydroxylation sites is 4. The molecule has 14 aromatic carbocycles. The molecule has 0 amide bonds. The summed E-state index contributed by atoms with van der Waals surface area (Å²) in [4.78, 5) is 4.42. The predicted molar refractivity (Wildman–Crippen MR) is 417 cm³/mol. The maximum Gasteiger partial charge on any atom is 0.252 e. The fourth-order valence-corrected chi connectivity index (χ4v) is 15.8. The lowest BCUT2D eigenvalue weighted by Crippen LogP contribution is -2.61. The Bertz CT molecular complexity index is 7060. The van der Waals surface area contributed by atoms with Gasteiger partial charge in [-0.3, -0.25) is 0 Å². The highest BCUT2D eigenvalue weighted by Gasteiger charge is 2.46. The first-order chi connectivity index (χ1) is 53.7. The number of hydrogen-bond acceptors (Lipinski definition) is 4. The van der Waals surface area contributed by atoms with Gasteiger partial charge in [-0.15, -0.1) is 0 Å². The average molecular weight is 1280 g/mol. The van der Waals surface area contributed by atoms with Gasteiger partial charge < -0.3 is 27.8 Å². The highest BCUT2D eigenvalue weighted by atomic mass is 16.3. The molecule has 6 heterocycles. The molecular weight excluding hydrogens is 1200 g/mol. The monoisotopic (exact) mass is 1280 g/mol. The van der Waals surface area contributed by atoms with Gasteiger partial charge in [-0.25, -0.2) is 0 Å². The fraction of sp³-hybridized carbons (Fsp3) is 0.0870. The summed E-state index contributed by atoms with van der Waals surface area (Å²) < 4.78 is 142. The Kier molecular flexibility index (Phi) is 9.73. The van der Waals surface area contributed by atoms with Crippen LogP contribution in [0.15, 0.2) is 306 Å². The van der Waals surface area contributed by atoms with Crippen molar-refractivity contribution in [3.63, 3.8) is 0 Å². The summed E-state index contributed by atoms with van der Waals surface area (Å²) in [5.41, 5.74) is 16.8. The molecular formula is C92H67BN4O2. The molecule has 0 radical (unpaired) electrons. The van der Waals surface area contributed by atoms with Crippen LogP contribution in [-0.2, 0) is 10.8 Å². The summed E-state index contributed by atoms with van der Waals surface area (Å²) in [6.07, 6.45) is 0. The standard InChI is InChI=1S/C92H67BN4O2/c1-91(2,3)62-39-44-76-70(51-62)71-52-63(92(4,5)6)40-45-77(71)94(76)64-41-43-73-79(53-64)97(81-48-61(58-28-14-9-15-29-58)50-87-89(81)69-33-19-23-37-85(69)99-87)83-55-65(95-74-34-20-16-30-66(74)67-31-17-21-35-75(67)95)54-82-90(83)93(73)72-42-38-59(56-24-10-7-11-25-56)46-78(72)96(82)80-47-60(57-26-12-8-13-27-57)49-86-88(80)68-32-18-22-36-84(68)98-86/h7-55H,1-6H3/i7D,10D,11D,16D,17D,20D,21D,24D,25D,30D,31D,34D,35D. The molecule has 20 rings (SSSR count). The number of benzene rings is 14. The molecule has 99 heavy (non-hydrogen) atoms. The van der Waals surface area contributed by atoms with Crippen molar-refractivity contribution < 1.29 is 26.7 Å². The quantitative estimate of drug-likeness (QED) is 0.149. The van der Waals surface area contributed by atoms with Crippen LogP contribution in [0.3, 0.4) is 0 Å². The first-order valence-electron chi connectivity index (χ1n) is 40.0. The predicted octanol–water partition coefficient (Wildman–Crippen LogP) is 23.4. The zero-order valence-electron chi connectivity index (χ0n) is 68.0. The molecule has 0 spiro atoms. The zero-order chi connectivity index (χ0) is 77.5. The van der Waals surface area contributed by atoms with E-state index in [9.17, 15) is 13.7 Å². The van der Waals surface area contributed by atoms with E-state index in [0.29, 0.717) is 61.7 Å². The Hall–Kier alpha value is -12.1. The van der Waals surface area contributed by atoms with Gasteiger partial charge in [0, 0.05) is 60.8 Å². The van der Waals surface area contributed by atoms with E-state index in [4.69, 9.17) is 12.9 Å². The topological polar surface area (TPSA) is 42.6 Å². The summed E-state index contributed by atoms with van der Waals surface area (Å²) in [7, 11) is 0. The molecule has 470 valence electrons. The third-order valence-electron chi connectivity index (χ3n) is 20.5. The molecule has 2 aliphatic rings. The summed E-state index contributed by atoms with van der Waals surface area (Å²) >= 11 is 0. The number of nitrogens with zero attached hydrogens (tertiary/aromatic N) is 4. The van der Waals surface area contributed by atoms with Crippen molar-refractivity contribution in [2.75, 3.05) is 9.80 Å². The van der Waals surface area contributed by atoms with Gasteiger partial charge in [0.2, 0.25) is 0 Å². The van der Waals surface area contributed by atoms with Crippen molar-refractivity contribution in [3.05, 3.63) is 308 Å². The van der Waals surface area contributed by atoms with Crippen LogP contribution in [0.1, 0.15) is 70.5 Å². The van der Waals surface area contributed by atoms with Gasteiger partial charge in [0.1, 0.15) is 22.3 Å². The summed E-state index contributed by atoms with van der Waals surface area (Å²) in [6.45, 7) is 12.6. The number of rotatable bonds is 7. The van der Waals surface area contributed by atoms with Crippen molar-refractivity contribution in [1.29, 1.82) is 0 Å². The molecule has 0 N–H and O–H groups in total. The normalized spacial score (nSPS) is 14.9. The first-order valence-corrected chi connectivity index (χ1v) is 33.5. The number of furan rings is 2. The van der Waals surface area contributed by atoms with Crippen molar-refractivity contribution in [1.82, 2.24) is 9.13 Å². The highest BCUT2D eigenvalue weighted by molar-refractivity contribution is 7.00. The molecule has 0 saturated heterocycles. The van der Waals surface area contributed by atoms with Gasteiger partial charge in [-0.1, -0.05) is 235 Å². The Morgan fingerprint density at radius 2 is 0.747 bits per heavy atom. The minimum absolute atomic E-state index is 0.0237.